The molecular weight excluding hydrogens is 348 g/mol. The highest BCUT2D eigenvalue weighted by Crippen LogP contribution is 2.22. The van der Waals surface area contributed by atoms with Crippen molar-refractivity contribution in [1.82, 2.24) is 9.71 Å². The highest BCUT2D eigenvalue weighted by Gasteiger charge is 2.24. The van der Waals surface area contributed by atoms with Crippen molar-refractivity contribution in [2.24, 2.45) is 5.92 Å². The van der Waals surface area contributed by atoms with Crippen LogP contribution in [-0.2, 0) is 10.0 Å². The third-order valence-corrected chi connectivity index (χ3v) is 5.79. The smallest absolute Gasteiger partial charge is 0.243 e. The Kier molecular flexibility index (Phi) is 5.29. The van der Waals surface area contributed by atoms with Gasteiger partial charge in [0.05, 0.1) is 0 Å². The number of sulfonamides is 1. The van der Waals surface area contributed by atoms with Crippen molar-refractivity contribution in [2.45, 2.75) is 17.7 Å². The van der Waals surface area contributed by atoms with Crippen LogP contribution in [0.15, 0.2) is 47.5 Å². The summed E-state index contributed by atoms with van der Waals surface area (Å²) in [5.74, 6) is -0.816. The maximum Gasteiger partial charge on any atom is 0.243 e. The van der Waals surface area contributed by atoms with Crippen LogP contribution in [0.1, 0.15) is 12.8 Å². The highest BCUT2D eigenvalue weighted by atomic mass is 32.2. The molecule has 0 saturated carbocycles. The standard InChI is InChI=1S/C17H19F2N3O2S/c18-14-4-5-16(15(19)11-14)25(23,24)21-12-13-6-9-22(10-7-13)17-3-1-2-8-20-17/h1-5,8,11,13,21H,6-7,9-10,12H2. The van der Waals surface area contributed by atoms with Gasteiger partial charge in [0.25, 0.3) is 0 Å². The monoisotopic (exact) mass is 367 g/mol. The van der Waals surface area contributed by atoms with E-state index in [0.29, 0.717) is 6.07 Å². The van der Waals surface area contributed by atoms with E-state index >= 15 is 0 Å². The SMILES string of the molecule is O=S(=O)(NCC1CCN(c2ccccn2)CC1)c1ccc(F)cc1F. The molecule has 1 aliphatic rings. The number of benzene rings is 1. The Labute approximate surface area is 145 Å². The first-order valence-electron chi connectivity index (χ1n) is 8.06. The molecule has 5 nitrogen and oxygen atoms in total. The predicted octanol–water partition coefficient (Wildman–Crippen LogP) is 2.55. The molecule has 1 fully saturated rings. The average molecular weight is 367 g/mol. The van der Waals surface area contributed by atoms with E-state index in [4.69, 9.17) is 0 Å². The Balaban J connectivity index is 1.56. The summed E-state index contributed by atoms with van der Waals surface area (Å²) in [5.41, 5.74) is 0. The summed E-state index contributed by atoms with van der Waals surface area (Å²) in [5, 5.41) is 0. The fraction of sp³-hybridized carbons (Fsp3) is 0.353. The van der Waals surface area contributed by atoms with E-state index < -0.39 is 26.6 Å². The van der Waals surface area contributed by atoms with Gasteiger partial charge in [-0.3, -0.25) is 0 Å². The normalized spacial score (nSPS) is 16.2. The quantitative estimate of drug-likeness (QED) is 0.882. The van der Waals surface area contributed by atoms with E-state index in [0.717, 1.165) is 43.9 Å². The van der Waals surface area contributed by atoms with Crippen LogP contribution in [0.25, 0.3) is 0 Å². The van der Waals surface area contributed by atoms with E-state index in [-0.39, 0.29) is 12.5 Å². The summed E-state index contributed by atoms with van der Waals surface area (Å²) in [6, 6.07) is 8.18. The molecule has 0 bridgehead atoms. The molecule has 0 amide bonds. The molecule has 1 N–H and O–H groups in total. The largest absolute Gasteiger partial charge is 0.357 e. The van der Waals surface area contributed by atoms with Gasteiger partial charge in [0.1, 0.15) is 22.3 Å². The molecule has 2 heterocycles. The third-order valence-electron chi connectivity index (χ3n) is 4.33. The van der Waals surface area contributed by atoms with Crippen molar-refractivity contribution < 1.29 is 17.2 Å². The molecule has 0 atom stereocenters. The molecule has 0 spiro atoms. The number of hydrogen-bond acceptors (Lipinski definition) is 4. The predicted molar refractivity (Wildman–Crippen MR) is 90.7 cm³/mol. The Morgan fingerprint density at radius 1 is 1.16 bits per heavy atom. The van der Waals surface area contributed by atoms with Crippen LogP contribution in [0, 0.1) is 17.6 Å². The van der Waals surface area contributed by atoms with Gasteiger partial charge in [-0.25, -0.2) is 26.9 Å². The summed E-state index contributed by atoms with van der Waals surface area (Å²) in [6.07, 6.45) is 3.36. The van der Waals surface area contributed by atoms with Gasteiger partial charge in [0.2, 0.25) is 10.0 Å². The number of halogens is 2. The molecule has 2 aromatic rings. The molecule has 8 heteroatoms. The van der Waals surface area contributed by atoms with Crippen LogP contribution in [-0.4, -0.2) is 33.0 Å². The lowest BCUT2D eigenvalue weighted by Gasteiger charge is -2.32. The van der Waals surface area contributed by atoms with Crippen molar-refractivity contribution >= 4 is 15.8 Å². The lowest BCUT2D eigenvalue weighted by molar-refractivity contribution is 0.400. The Hall–Kier alpha value is -2.06. The van der Waals surface area contributed by atoms with Crippen molar-refractivity contribution in [3.05, 3.63) is 54.2 Å². The Morgan fingerprint density at radius 2 is 1.92 bits per heavy atom. The van der Waals surface area contributed by atoms with Crippen LogP contribution in [0.3, 0.4) is 0 Å². The molecule has 3 rings (SSSR count). The Bertz CT molecular complexity index is 823. The van der Waals surface area contributed by atoms with Crippen LogP contribution < -0.4 is 9.62 Å². The van der Waals surface area contributed by atoms with Gasteiger partial charge >= 0.3 is 0 Å². The van der Waals surface area contributed by atoms with Crippen LogP contribution >= 0.6 is 0 Å². The van der Waals surface area contributed by atoms with E-state index in [2.05, 4.69) is 14.6 Å². The lowest BCUT2D eigenvalue weighted by atomic mass is 9.97. The minimum Gasteiger partial charge on any atom is -0.357 e. The third kappa shape index (κ3) is 4.32. The van der Waals surface area contributed by atoms with Gasteiger partial charge in [0, 0.05) is 31.9 Å². The molecular formula is C17H19F2N3O2S. The van der Waals surface area contributed by atoms with Crippen molar-refractivity contribution in [2.75, 3.05) is 24.5 Å². The fourth-order valence-electron chi connectivity index (χ4n) is 2.91. The molecule has 0 radical (unpaired) electrons. The molecule has 1 aromatic heterocycles. The second-order valence-electron chi connectivity index (χ2n) is 6.05. The summed E-state index contributed by atoms with van der Waals surface area (Å²) in [7, 11) is -3.99. The van der Waals surface area contributed by atoms with Crippen molar-refractivity contribution in [3.63, 3.8) is 0 Å². The number of piperidine rings is 1. The minimum atomic E-state index is -3.99. The first-order valence-corrected chi connectivity index (χ1v) is 9.55. The summed E-state index contributed by atoms with van der Waals surface area (Å²) >= 11 is 0. The maximum atomic E-state index is 13.7. The average Bonchev–Trinajstić information content (AvgIpc) is 2.61. The summed E-state index contributed by atoms with van der Waals surface area (Å²) < 4.78 is 53.4. The van der Waals surface area contributed by atoms with E-state index in [9.17, 15) is 17.2 Å². The van der Waals surface area contributed by atoms with Crippen molar-refractivity contribution in [3.8, 4) is 0 Å². The number of nitrogens with one attached hydrogen (secondary N) is 1. The van der Waals surface area contributed by atoms with Crippen molar-refractivity contribution in [1.29, 1.82) is 0 Å². The topological polar surface area (TPSA) is 62.3 Å². The first kappa shape index (κ1) is 17.8. The molecule has 0 aliphatic carbocycles. The molecule has 25 heavy (non-hydrogen) atoms. The van der Waals surface area contributed by atoms with Gasteiger partial charge in [-0.1, -0.05) is 6.07 Å². The number of rotatable bonds is 5. The second kappa shape index (κ2) is 7.45. The lowest BCUT2D eigenvalue weighted by Crippen LogP contribution is -2.39. The number of anilines is 1. The fourth-order valence-corrected chi connectivity index (χ4v) is 4.08. The number of aromatic nitrogens is 1. The number of pyridine rings is 1. The molecule has 0 unspecified atom stereocenters. The van der Waals surface area contributed by atoms with Gasteiger partial charge in [-0.2, -0.15) is 0 Å². The number of hydrogen-bond donors (Lipinski definition) is 1. The summed E-state index contributed by atoms with van der Waals surface area (Å²) in [4.78, 5) is 5.94. The van der Waals surface area contributed by atoms with E-state index in [1.165, 1.54) is 0 Å². The van der Waals surface area contributed by atoms with E-state index in [1.807, 2.05) is 18.2 Å². The van der Waals surface area contributed by atoms with Gasteiger partial charge in [-0.05, 0) is 43.0 Å². The molecule has 1 saturated heterocycles. The van der Waals surface area contributed by atoms with Gasteiger partial charge < -0.3 is 4.90 Å². The maximum absolute atomic E-state index is 13.7. The van der Waals surface area contributed by atoms with Crippen LogP contribution in [0.5, 0.6) is 0 Å². The second-order valence-corrected chi connectivity index (χ2v) is 7.78. The molecule has 1 aromatic carbocycles. The van der Waals surface area contributed by atoms with Crippen LogP contribution in [0.4, 0.5) is 14.6 Å². The zero-order valence-corrected chi connectivity index (χ0v) is 14.3. The summed E-state index contributed by atoms with van der Waals surface area (Å²) in [6.45, 7) is 1.80. The van der Waals surface area contributed by atoms with Gasteiger partial charge in [0.15, 0.2) is 0 Å². The Morgan fingerprint density at radius 3 is 2.56 bits per heavy atom. The van der Waals surface area contributed by atoms with Gasteiger partial charge in [-0.15, -0.1) is 0 Å². The highest BCUT2D eigenvalue weighted by molar-refractivity contribution is 7.89. The minimum absolute atomic E-state index is 0.165. The zero-order valence-electron chi connectivity index (χ0n) is 13.5. The zero-order chi connectivity index (χ0) is 17.9. The number of nitrogens with zero attached hydrogens (tertiary/aromatic N) is 2. The van der Waals surface area contributed by atoms with Crippen LogP contribution in [0.2, 0.25) is 0 Å². The molecule has 1 aliphatic heterocycles. The van der Waals surface area contributed by atoms with E-state index in [1.54, 1.807) is 6.20 Å². The first-order chi connectivity index (χ1) is 12.0. The molecule has 134 valence electrons.